The minimum absolute atomic E-state index is 0.207. The van der Waals surface area contributed by atoms with Gasteiger partial charge in [-0.2, -0.15) is 0 Å². The van der Waals surface area contributed by atoms with Crippen LogP contribution < -0.4 is 4.90 Å². The highest BCUT2D eigenvalue weighted by Crippen LogP contribution is 2.41. The molecular formula is C23H20ClN7O2. The maximum Gasteiger partial charge on any atom is 0.280 e. The van der Waals surface area contributed by atoms with E-state index in [2.05, 4.69) is 15.3 Å². The lowest BCUT2D eigenvalue weighted by molar-refractivity contribution is 0.0988. The number of aryl methyl sites for hydroxylation is 2. The van der Waals surface area contributed by atoms with Gasteiger partial charge in [0.1, 0.15) is 23.2 Å². The van der Waals surface area contributed by atoms with Crippen molar-refractivity contribution >= 4 is 40.1 Å². The summed E-state index contributed by atoms with van der Waals surface area (Å²) < 4.78 is 7.03. The normalized spacial score (nSPS) is 18.2. The molecule has 3 aromatic heterocycles. The Morgan fingerprint density at radius 3 is 2.79 bits per heavy atom. The maximum atomic E-state index is 13.7. The van der Waals surface area contributed by atoms with Gasteiger partial charge in [0.05, 0.1) is 18.9 Å². The van der Waals surface area contributed by atoms with Crippen LogP contribution in [0.3, 0.4) is 0 Å². The van der Waals surface area contributed by atoms with Crippen molar-refractivity contribution in [1.82, 2.24) is 29.9 Å². The van der Waals surface area contributed by atoms with Crippen molar-refractivity contribution in [3.05, 3.63) is 69.8 Å². The smallest absolute Gasteiger partial charge is 0.280 e. The monoisotopic (exact) mass is 461 g/mol. The van der Waals surface area contributed by atoms with Crippen LogP contribution in [0.4, 0.5) is 5.82 Å². The van der Waals surface area contributed by atoms with Crippen LogP contribution in [-0.4, -0.2) is 49.1 Å². The second kappa shape index (κ2) is 7.50. The van der Waals surface area contributed by atoms with E-state index < -0.39 is 6.04 Å². The van der Waals surface area contributed by atoms with Crippen molar-refractivity contribution in [2.75, 3.05) is 18.1 Å². The summed E-state index contributed by atoms with van der Waals surface area (Å²) in [7, 11) is 1.78. The second-order valence-electron chi connectivity index (χ2n) is 8.21. The van der Waals surface area contributed by atoms with Gasteiger partial charge in [-0.25, -0.2) is 14.6 Å². The Hall–Kier alpha value is -3.56. The molecule has 1 atom stereocenters. The topological polar surface area (TPSA) is 102 Å². The number of pyridine rings is 1. The number of aromatic amines is 1. The summed E-state index contributed by atoms with van der Waals surface area (Å²) in [5, 5.41) is 8.88. The number of fused-ring (bicyclic) bond motifs is 2. The van der Waals surface area contributed by atoms with Crippen molar-refractivity contribution < 1.29 is 9.53 Å². The van der Waals surface area contributed by atoms with Crippen LogP contribution in [0.1, 0.15) is 45.6 Å². The number of carbonyl (C=O) groups is 1. The second-order valence-corrected chi connectivity index (χ2v) is 8.65. The summed E-state index contributed by atoms with van der Waals surface area (Å²) >= 11 is 6.15. The fourth-order valence-corrected chi connectivity index (χ4v) is 4.58. The Morgan fingerprint density at radius 2 is 2.03 bits per heavy atom. The van der Waals surface area contributed by atoms with Crippen molar-refractivity contribution in [2.45, 2.75) is 19.4 Å². The fourth-order valence-electron chi connectivity index (χ4n) is 4.46. The van der Waals surface area contributed by atoms with Gasteiger partial charge in [0.15, 0.2) is 11.3 Å². The minimum atomic E-state index is -0.419. The van der Waals surface area contributed by atoms with E-state index in [1.807, 2.05) is 43.3 Å². The molecule has 9 nitrogen and oxygen atoms in total. The zero-order chi connectivity index (χ0) is 22.7. The van der Waals surface area contributed by atoms with Gasteiger partial charge >= 0.3 is 0 Å². The number of hydrogen-bond acceptors (Lipinski definition) is 6. The van der Waals surface area contributed by atoms with E-state index in [0.717, 1.165) is 28.8 Å². The molecule has 0 bridgehead atoms. The van der Waals surface area contributed by atoms with Crippen LogP contribution in [0.25, 0.3) is 16.7 Å². The zero-order valence-corrected chi connectivity index (χ0v) is 18.8. The molecule has 166 valence electrons. The zero-order valence-electron chi connectivity index (χ0n) is 18.0. The number of amides is 1. The Morgan fingerprint density at radius 1 is 1.21 bits per heavy atom. The third kappa shape index (κ3) is 3.15. The lowest BCUT2D eigenvalue weighted by Gasteiger charge is -2.25. The molecule has 1 amide bonds. The number of nitrogens with one attached hydrogen (secondary N) is 1. The number of H-pyrrole nitrogens is 1. The molecule has 0 aliphatic carbocycles. The van der Waals surface area contributed by atoms with Crippen LogP contribution in [0.15, 0.2) is 36.4 Å². The van der Waals surface area contributed by atoms with Gasteiger partial charge in [-0.05, 0) is 48.2 Å². The highest BCUT2D eigenvalue weighted by atomic mass is 35.5. The summed E-state index contributed by atoms with van der Waals surface area (Å²) in [6.07, 6.45) is 2.76. The summed E-state index contributed by atoms with van der Waals surface area (Å²) in [6.45, 7) is 3.12. The molecule has 2 aliphatic rings. The highest BCUT2D eigenvalue weighted by Gasteiger charge is 2.43. The number of nitrogens with zero attached hydrogens (tertiary/aromatic N) is 6. The minimum Gasteiger partial charge on any atom is -0.377 e. The third-order valence-corrected chi connectivity index (χ3v) is 6.37. The van der Waals surface area contributed by atoms with Gasteiger partial charge in [0.2, 0.25) is 0 Å². The standard InChI is InChI=1S/C23H20ClN7O2/c1-12-11-16(25-22-17(12)28-29-30(22)2)31-20(13-3-5-15(24)6-4-13)18-19(23(31)32)27-21(26-18)14-7-9-33-10-8-14/h3-7,11,20H,8-10H2,1-2H3,(H,26,27)/t20-/m0/s1. The predicted octanol–water partition coefficient (Wildman–Crippen LogP) is 3.60. The van der Waals surface area contributed by atoms with Crippen LogP contribution in [0.2, 0.25) is 5.02 Å². The molecule has 0 radical (unpaired) electrons. The summed E-state index contributed by atoms with van der Waals surface area (Å²) in [6, 6.07) is 8.94. The van der Waals surface area contributed by atoms with Gasteiger partial charge in [-0.3, -0.25) is 9.69 Å². The van der Waals surface area contributed by atoms with Crippen molar-refractivity contribution in [2.24, 2.45) is 7.05 Å². The quantitative estimate of drug-likeness (QED) is 0.500. The number of hydrogen-bond donors (Lipinski definition) is 1. The lowest BCUT2D eigenvalue weighted by atomic mass is 10.0. The van der Waals surface area contributed by atoms with E-state index >= 15 is 0 Å². The number of anilines is 1. The van der Waals surface area contributed by atoms with E-state index in [0.29, 0.717) is 46.7 Å². The van der Waals surface area contributed by atoms with Crippen LogP contribution in [-0.2, 0) is 11.8 Å². The van der Waals surface area contributed by atoms with Gasteiger partial charge in [-0.1, -0.05) is 35.0 Å². The molecule has 0 saturated heterocycles. The molecule has 6 rings (SSSR count). The Bertz CT molecular complexity index is 1440. The average Bonchev–Trinajstić information content (AvgIpc) is 3.49. The van der Waals surface area contributed by atoms with E-state index in [1.54, 1.807) is 16.6 Å². The van der Waals surface area contributed by atoms with E-state index in [-0.39, 0.29) is 5.91 Å². The van der Waals surface area contributed by atoms with Crippen LogP contribution >= 0.6 is 11.6 Å². The number of ether oxygens (including phenoxy) is 1. The number of aromatic nitrogens is 6. The third-order valence-electron chi connectivity index (χ3n) is 6.12. The molecule has 4 aromatic rings. The molecule has 2 aliphatic heterocycles. The fraction of sp³-hybridized carbons (Fsp3) is 0.261. The van der Waals surface area contributed by atoms with Gasteiger partial charge < -0.3 is 9.72 Å². The summed E-state index contributed by atoms with van der Waals surface area (Å²) in [5.74, 6) is 1.03. The molecule has 0 fully saturated rings. The molecule has 1 N–H and O–H groups in total. The average molecular weight is 462 g/mol. The van der Waals surface area contributed by atoms with Gasteiger partial charge in [0.25, 0.3) is 5.91 Å². The largest absolute Gasteiger partial charge is 0.377 e. The molecule has 0 saturated carbocycles. The lowest BCUT2D eigenvalue weighted by Crippen LogP contribution is -2.30. The molecule has 33 heavy (non-hydrogen) atoms. The number of rotatable bonds is 3. The number of carbonyl (C=O) groups excluding carboxylic acids is 1. The first kappa shape index (κ1) is 20.1. The maximum absolute atomic E-state index is 13.7. The van der Waals surface area contributed by atoms with Crippen molar-refractivity contribution in [1.29, 1.82) is 0 Å². The Labute approximate surface area is 194 Å². The molecule has 0 spiro atoms. The first-order chi connectivity index (χ1) is 16.0. The molecular weight excluding hydrogens is 442 g/mol. The number of benzene rings is 1. The molecule has 5 heterocycles. The first-order valence-corrected chi connectivity index (χ1v) is 11.0. The SMILES string of the molecule is Cc1cc(N2C(=O)c3nc(C4=CCOCC4)[nH]c3[C@@H]2c2ccc(Cl)cc2)nc2c1nnn2C. The summed E-state index contributed by atoms with van der Waals surface area (Å²) in [5.41, 5.74) is 5.33. The van der Waals surface area contributed by atoms with E-state index in [4.69, 9.17) is 26.3 Å². The van der Waals surface area contributed by atoms with Crippen LogP contribution in [0.5, 0.6) is 0 Å². The molecule has 10 heteroatoms. The molecule has 0 unspecified atom stereocenters. The number of halogens is 1. The Balaban J connectivity index is 1.52. The number of imidazole rings is 1. The van der Waals surface area contributed by atoms with Gasteiger partial charge in [0, 0.05) is 12.1 Å². The van der Waals surface area contributed by atoms with E-state index in [9.17, 15) is 4.79 Å². The van der Waals surface area contributed by atoms with E-state index in [1.165, 1.54) is 0 Å². The summed E-state index contributed by atoms with van der Waals surface area (Å²) in [4.78, 5) is 28.3. The van der Waals surface area contributed by atoms with Crippen molar-refractivity contribution in [3.8, 4) is 0 Å². The first-order valence-electron chi connectivity index (χ1n) is 10.6. The van der Waals surface area contributed by atoms with Crippen molar-refractivity contribution in [3.63, 3.8) is 0 Å². The highest BCUT2D eigenvalue weighted by molar-refractivity contribution is 6.30. The van der Waals surface area contributed by atoms with Gasteiger partial charge in [-0.15, -0.1) is 5.10 Å². The predicted molar refractivity (Wildman–Crippen MR) is 123 cm³/mol. The Kier molecular flexibility index (Phi) is 4.56. The molecule has 1 aromatic carbocycles. The van der Waals surface area contributed by atoms with Crippen LogP contribution in [0, 0.1) is 6.92 Å².